The van der Waals surface area contributed by atoms with Crippen molar-refractivity contribution in [1.82, 2.24) is 0 Å². The summed E-state index contributed by atoms with van der Waals surface area (Å²) in [6.07, 6.45) is 0. The lowest BCUT2D eigenvalue weighted by molar-refractivity contribution is 0.0690. The van der Waals surface area contributed by atoms with E-state index in [1.54, 1.807) is 0 Å². The lowest BCUT2D eigenvalue weighted by Gasteiger charge is -2.01. The van der Waals surface area contributed by atoms with Crippen LogP contribution in [0, 0.1) is 17.1 Å². The summed E-state index contributed by atoms with van der Waals surface area (Å²) in [6, 6.07) is 3.49. The fraction of sp³-hybridized carbons (Fsp3) is 0. The quantitative estimate of drug-likeness (QED) is 0.679. The number of phenolic OH excluding ortho intramolecular Hbond substituents is 1. The highest BCUT2D eigenvalue weighted by atomic mass is 19.1. The Kier molecular flexibility index (Phi) is 2.15. The monoisotopic (exact) mass is 181 g/mol. The molecular formula is C8H4FNO3. The zero-order chi connectivity index (χ0) is 10.0. The number of carboxylic acids is 1. The molecule has 13 heavy (non-hydrogen) atoms. The van der Waals surface area contributed by atoms with Crippen LogP contribution >= 0.6 is 0 Å². The SMILES string of the molecule is N#Cc1ccc(O)c(F)c1C(=O)O. The van der Waals surface area contributed by atoms with Crippen LogP contribution < -0.4 is 0 Å². The number of nitriles is 1. The van der Waals surface area contributed by atoms with E-state index in [1.807, 2.05) is 0 Å². The maximum Gasteiger partial charge on any atom is 0.340 e. The molecule has 0 atom stereocenters. The number of phenols is 1. The molecule has 0 aliphatic carbocycles. The van der Waals surface area contributed by atoms with E-state index >= 15 is 0 Å². The van der Waals surface area contributed by atoms with Gasteiger partial charge in [0.05, 0.1) is 5.56 Å². The van der Waals surface area contributed by atoms with Crippen molar-refractivity contribution >= 4 is 5.97 Å². The zero-order valence-corrected chi connectivity index (χ0v) is 6.28. The molecule has 0 heterocycles. The fourth-order valence-corrected chi connectivity index (χ4v) is 0.867. The van der Waals surface area contributed by atoms with Gasteiger partial charge in [-0.3, -0.25) is 0 Å². The second-order valence-electron chi connectivity index (χ2n) is 2.24. The molecule has 0 fully saturated rings. The Morgan fingerprint density at radius 2 is 2.15 bits per heavy atom. The van der Waals surface area contributed by atoms with Gasteiger partial charge in [-0.15, -0.1) is 0 Å². The lowest BCUT2D eigenvalue weighted by Crippen LogP contribution is -2.04. The first-order valence-electron chi connectivity index (χ1n) is 3.22. The molecule has 5 heteroatoms. The molecule has 0 aliphatic rings. The summed E-state index contributed by atoms with van der Waals surface area (Å²) in [7, 11) is 0. The number of nitrogens with zero attached hydrogens (tertiary/aromatic N) is 1. The lowest BCUT2D eigenvalue weighted by atomic mass is 10.1. The number of carbonyl (C=O) groups is 1. The third-order valence-electron chi connectivity index (χ3n) is 1.46. The van der Waals surface area contributed by atoms with E-state index in [9.17, 15) is 9.18 Å². The molecule has 0 saturated heterocycles. The first kappa shape index (κ1) is 9.00. The van der Waals surface area contributed by atoms with Crippen LogP contribution in [-0.2, 0) is 0 Å². The molecule has 66 valence electrons. The smallest absolute Gasteiger partial charge is 0.340 e. The average Bonchev–Trinajstić information content (AvgIpc) is 2.08. The second-order valence-corrected chi connectivity index (χ2v) is 2.24. The highest BCUT2D eigenvalue weighted by Crippen LogP contribution is 2.22. The molecule has 0 radical (unpaired) electrons. The maximum atomic E-state index is 12.9. The van der Waals surface area contributed by atoms with E-state index in [0.29, 0.717) is 0 Å². The number of benzene rings is 1. The number of halogens is 1. The summed E-state index contributed by atoms with van der Waals surface area (Å²) in [4.78, 5) is 10.5. The van der Waals surface area contributed by atoms with Gasteiger partial charge < -0.3 is 10.2 Å². The van der Waals surface area contributed by atoms with Gasteiger partial charge in [0, 0.05) is 0 Å². The second kappa shape index (κ2) is 3.11. The third kappa shape index (κ3) is 1.42. The molecule has 0 aliphatic heterocycles. The molecule has 4 nitrogen and oxygen atoms in total. The fourth-order valence-electron chi connectivity index (χ4n) is 0.867. The van der Waals surface area contributed by atoms with Crippen LogP contribution in [0.2, 0.25) is 0 Å². The Morgan fingerprint density at radius 3 is 2.62 bits per heavy atom. The Morgan fingerprint density at radius 1 is 1.54 bits per heavy atom. The molecule has 0 aromatic heterocycles. The van der Waals surface area contributed by atoms with Crippen molar-refractivity contribution in [2.75, 3.05) is 0 Å². The van der Waals surface area contributed by atoms with Gasteiger partial charge in [-0.2, -0.15) is 5.26 Å². The van der Waals surface area contributed by atoms with Gasteiger partial charge in [-0.1, -0.05) is 0 Å². The Bertz CT molecular complexity index is 409. The van der Waals surface area contributed by atoms with Gasteiger partial charge in [-0.05, 0) is 12.1 Å². The number of rotatable bonds is 1. The number of hydrogen-bond acceptors (Lipinski definition) is 3. The minimum atomic E-state index is -1.58. The highest BCUT2D eigenvalue weighted by Gasteiger charge is 2.18. The standard InChI is InChI=1S/C8H4FNO3/c9-7-5(11)2-1-4(3-10)6(7)8(12)13/h1-2,11H,(H,12,13). The van der Waals surface area contributed by atoms with Crippen LogP contribution in [0.4, 0.5) is 4.39 Å². The van der Waals surface area contributed by atoms with Gasteiger partial charge in [0.1, 0.15) is 11.6 Å². The maximum absolute atomic E-state index is 12.9. The molecular weight excluding hydrogens is 177 g/mol. The molecule has 0 saturated carbocycles. The predicted molar refractivity (Wildman–Crippen MR) is 39.7 cm³/mol. The summed E-state index contributed by atoms with van der Waals surface area (Å²) in [5, 5.41) is 25.7. The summed E-state index contributed by atoms with van der Waals surface area (Å²) < 4.78 is 12.9. The Hall–Kier alpha value is -2.09. The van der Waals surface area contributed by atoms with Crippen molar-refractivity contribution in [3.8, 4) is 11.8 Å². The molecule has 1 rings (SSSR count). The normalized spacial score (nSPS) is 9.23. The van der Waals surface area contributed by atoms with Crippen LogP contribution in [0.5, 0.6) is 5.75 Å². The molecule has 1 aromatic carbocycles. The number of aromatic carboxylic acids is 1. The first-order chi connectivity index (χ1) is 6.07. The molecule has 0 spiro atoms. The molecule has 2 N–H and O–H groups in total. The number of carboxylic acid groups (broad SMARTS) is 1. The number of hydrogen-bond donors (Lipinski definition) is 2. The minimum absolute atomic E-state index is 0.317. The molecule has 1 aromatic rings. The van der Waals surface area contributed by atoms with E-state index in [2.05, 4.69) is 0 Å². The van der Waals surface area contributed by atoms with E-state index < -0.39 is 23.1 Å². The van der Waals surface area contributed by atoms with Crippen molar-refractivity contribution in [3.63, 3.8) is 0 Å². The highest BCUT2D eigenvalue weighted by molar-refractivity contribution is 5.91. The topological polar surface area (TPSA) is 81.3 Å². The van der Waals surface area contributed by atoms with Gasteiger partial charge >= 0.3 is 5.97 Å². The molecule has 0 amide bonds. The Balaban J connectivity index is 3.53. The van der Waals surface area contributed by atoms with E-state index in [0.717, 1.165) is 12.1 Å². The summed E-state index contributed by atoms with van der Waals surface area (Å²) in [5.41, 5.74) is -1.12. The van der Waals surface area contributed by atoms with Crippen molar-refractivity contribution in [2.24, 2.45) is 0 Å². The van der Waals surface area contributed by atoms with Gasteiger partial charge in [0.25, 0.3) is 0 Å². The van der Waals surface area contributed by atoms with E-state index in [1.165, 1.54) is 6.07 Å². The van der Waals surface area contributed by atoms with Crippen LogP contribution in [0.15, 0.2) is 12.1 Å². The third-order valence-corrected chi connectivity index (χ3v) is 1.46. The molecule has 0 unspecified atom stereocenters. The number of aromatic hydroxyl groups is 1. The summed E-state index contributed by atoms with van der Waals surface area (Å²) >= 11 is 0. The van der Waals surface area contributed by atoms with Crippen LogP contribution in [0.3, 0.4) is 0 Å². The van der Waals surface area contributed by atoms with Gasteiger partial charge in [0.2, 0.25) is 0 Å². The van der Waals surface area contributed by atoms with Gasteiger partial charge in [0.15, 0.2) is 11.6 Å². The minimum Gasteiger partial charge on any atom is -0.505 e. The largest absolute Gasteiger partial charge is 0.505 e. The van der Waals surface area contributed by atoms with Crippen molar-refractivity contribution in [3.05, 3.63) is 29.1 Å². The van der Waals surface area contributed by atoms with Gasteiger partial charge in [-0.25, -0.2) is 9.18 Å². The summed E-state index contributed by atoms with van der Waals surface area (Å²) in [6.45, 7) is 0. The average molecular weight is 181 g/mol. The van der Waals surface area contributed by atoms with Crippen LogP contribution in [0.25, 0.3) is 0 Å². The predicted octanol–water partition coefficient (Wildman–Crippen LogP) is 1.10. The first-order valence-corrected chi connectivity index (χ1v) is 3.22. The zero-order valence-electron chi connectivity index (χ0n) is 6.28. The van der Waals surface area contributed by atoms with Crippen molar-refractivity contribution < 1.29 is 19.4 Å². The Labute approximate surface area is 72.5 Å². The van der Waals surface area contributed by atoms with E-state index in [-0.39, 0.29) is 5.56 Å². The van der Waals surface area contributed by atoms with Crippen LogP contribution in [-0.4, -0.2) is 16.2 Å². The van der Waals surface area contributed by atoms with Crippen molar-refractivity contribution in [2.45, 2.75) is 0 Å². The van der Waals surface area contributed by atoms with Crippen molar-refractivity contribution in [1.29, 1.82) is 5.26 Å². The van der Waals surface area contributed by atoms with Crippen LogP contribution in [0.1, 0.15) is 15.9 Å². The van der Waals surface area contributed by atoms with E-state index in [4.69, 9.17) is 15.5 Å². The summed E-state index contributed by atoms with van der Waals surface area (Å²) in [5.74, 6) is -3.65. The molecule has 0 bridgehead atoms.